The van der Waals surface area contributed by atoms with Crippen molar-refractivity contribution in [2.75, 3.05) is 0 Å². The molecule has 0 saturated carbocycles. The number of hydrogen-bond donors (Lipinski definition) is 1. The topological polar surface area (TPSA) is 76.6 Å². The average Bonchev–Trinajstić information content (AvgIpc) is 2.67. The van der Waals surface area contributed by atoms with E-state index in [1.165, 1.54) is 12.4 Å². The largest absolute Gasteiger partial charge is 0.477 e. The van der Waals surface area contributed by atoms with Gasteiger partial charge in [0.15, 0.2) is 0 Å². The number of hydrogen-bond acceptors (Lipinski definition) is 3. The van der Waals surface area contributed by atoms with E-state index in [1.807, 2.05) is 6.92 Å². The van der Waals surface area contributed by atoms with Gasteiger partial charge in [-0.3, -0.25) is 4.79 Å². The minimum absolute atomic E-state index is 0.270. The molecule has 0 unspecified atom stereocenters. The molecule has 0 spiro atoms. The molecule has 0 aliphatic carbocycles. The number of nitrogens with zero attached hydrogens (tertiary/aromatic N) is 3. The third-order valence-electron chi connectivity index (χ3n) is 2.20. The summed E-state index contributed by atoms with van der Waals surface area (Å²) in [6.07, 6.45) is 2.80. The molecule has 78 valence electrons. The number of rotatable bonds is 2. The van der Waals surface area contributed by atoms with Gasteiger partial charge in [-0.05, 0) is 6.92 Å². The molecule has 2 rings (SSSR count). The SMILES string of the molecule is CCn1cc(C(=O)O)c(=O)n2nccc12. The van der Waals surface area contributed by atoms with Gasteiger partial charge < -0.3 is 9.67 Å². The first kappa shape index (κ1) is 9.45. The molecule has 2 aromatic heterocycles. The molecule has 0 bridgehead atoms. The maximum Gasteiger partial charge on any atom is 0.342 e. The standard InChI is InChI=1S/C9H9N3O3/c1-2-11-5-6(9(14)15)8(13)12-7(11)3-4-10-12/h3-5H,2H2,1H3,(H,14,15). The highest BCUT2D eigenvalue weighted by Gasteiger charge is 2.13. The molecule has 0 aliphatic heterocycles. The molecule has 1 N–H and O–H groups in total. The minimum atomic E-state index is -1.24. The minimum Gasteiger partial charge on any atom is -0.477 e. The van der Waals surface area contributed by atoms with Gasteiger partial charge in [-0.2, -0.15) is 9.61 Å². The molecule has 6 nitrogen and oxygen atoms in total. The Morgan fingerprint density at radius 1 is 1.60 bits per heavy atom. The zero-order valence-electron chi connectivity index (χ0n) is 8.04. The highest BCUT2D eigenvalue weighted by molar-refractivity contribution is 5.87. The molecule has 2 aromatic rings. The van der Waals surface area contributed by atoms with Gasteiger partial charge in [0.25, 0.3) is 5.56 Å². The predicted molar refractivity (Wildman–Crippen MR) is 52.1 cm³/mol. The van der Waals surface area contributed by atoms with E-state index < -0.39 is 11.5 Å². The predicted octanol–water partition coefficient (Wildman–Crippen LogP) is 0.214. The Morgan fingerprint density at radius 3 is 2.93 bits per heavy atom. The Labute approximate surface area is 84.4 Å². The number of aromatic carboxylic acids is 1. The lowest BCUT2D eigenvalue weighted by Crippen LogP contribution is -2.25. The zero-order chi connectivity index (χ0) is 11.0. The summed E-state index contributed by atoms with van der Waals surface area (Å²) in [5.74, 6) is -1.24. The summed E-state index contributed by atoms with van der Waals surface area (Å²) in [5.41, 5.74) is -0.284. The van der Waals surface area contributed by atoms with Crippen LogP contribution in [-0.2, 0) is 6.54 Å². The van der Waals surface area contributed by atoms with Gasteiger partial charge in [0.05, 0.1) is 6.20 Å². The van der Waals surface area contributed by atoms with Gasteiger partial charge in [0.2, 0.25) is 0 Å². The smallest absolute Gasteiger partial charge is 0.342 e. The number of carboxylic acid groups (broad SMARTS) is 1. The summed E-state index contributed by atoms with van der Waals surface area (Å²) in [5, 5.41) is 12.6. The van der Waals surface area contributed by atoms with Crippen molar-refractivity contribution in [2.24, 2.45) is 0 Å². The quantitative estimate of drug-likeness (QED) is 0.763. The third kappa shape index (κ3) is 1.30. The van der Waals surface area contributed by atoms with Crippen LogP contribution in [0.25, 0.3) is 5.65 Å². The second kappa shape index (κ2) is 3.23. The van der Waals surface area contributed by atoms with E-state index in [0.717, 1.165) is 4.52 Å². The highest BCUT2D eigenvalue weighted by atomic mass is 16.4. The number of carboxylic acids is 1. The van der Waals surface area contributed by atoms with Crippen LogP contribution in [0.5, 0.6) is 0 Å². The van der Waals surface area contributed by atoms with Crippen molar-refractivity contribution in [1.29, 1.82) is 0 Å². The van der Waals surface area contributed by atoms with Gasteiger partial charge in [0, 0.05) is 18.8 Å². The zero-order valence-corrected chi connectivity index (χ0v) is 8.04. The first-order valence-corrected chi connectivity index (χ1v) is 4.45. The van der Waals surface area contributed by atoms with Crippen molar-refractivity contribution < 1.29 is 9.90 Å². The fourth-order valence-electron chi connectivity index (χ4n) is 1.46. The monoisotopic (exact) mass is 207 g/mol. The summed E-state index contributed by atoms with van der Waals surface area (Å²) in [6, 6.07) is 1.66. The van der Waals surface area contributed by atoms with Gasteiger partial charge in [-0.1, -0.05) is 0 Å². The van der Waals surface area contributed by atoms with Gasteiger partial charge in [-0.15, -0.1) is 0 Å². The molecule has 0 atom stereocenters. The van der Waals surface area contributed by atoms with Crippen molar-refractivity contribution in [3.8, 4) is 0 Å². The Bertz CT molecular complexity index is 582. The second-order valence-electron chi connectivity index (χ2n) is 3.04. The lowest BCUT2D eigenvalue weighted by Gasteiger charge is -2.06. The number of aryl methyl sites for hydroxylation is 1. The molecule has 0 aliphatic rings. The van der Waals surface area contributed by atoms with Crippen molar-refractivity contribution in [1.82, 2.24) is 14.2 Å². The molecule has 6 heteroatoms. The van der Waals surface area contributed by atoms with Crippen LogP contribution >= 0.6 is 0 Å². The molecule has 0 aromatic carbocycles. The highest BCUT2D eigenvalue weighted by Crippen LogP contribution is 2.02. The normalized spacial score (nSPS) is 10.7. The van der Waals surface area contributed by atoms with E-state index >= 15 is 0 Å². The maximum absolute atomic E-state index is 11.6. The molecular weight excluding hydrogens is 198 g/mol. The van der Waals surface area contributed by atoms with Gasteiger partial charge in [-0.25, -0.2) is 4.79 Å². The van der Waals surface area contributed by atoms with Crippen LogP contribution in [0.3, 0.4) is 0 Å². The van der Waals surface area contributed by atoms with Crippen LogP contribution in [0, 0.1) is 0 Å². The lowest BCUT2D eigenvalue weighted by atomic mass is 10.3. The van der Waals surface area contributed by atoms with E-state index in [1.54, 1.807) is 10.6 Å². The molecule has 2 heterocycles. The lowest BCUT2D eigenvalue weighted by molar-refractivity contribution is 0.0693. The Balaban J connectivity index is 2.91. The second-order valence-corrected chi connectivity index (χ2v) is 3.04. The summed E-state index contributed by atoms with van der Waals surface area (Å²) in [7, 11) is 0. The first-order chi connectivity index (χ1) is 7.15. The summed E-state index contributed by atoms with van der Waals surface area (Å²) in [4.78, 5) is 22.4. The van der Waals surface area contributed by atoms with Crippen molar-refractivity contribution in [3.63, 3.8) is 0 Å². The number of fused-ring (bicyclic) bond motifs is 1. The molecule has 0 amide bonds. The van der Waals surface area contributed by atoms with E-state index in [2.05, 4.69) is 5.10 Å². The van der Waals surface area contributed by atoms with Crippen LogP contribution in [0.4, 0.5) is 0 Å². The molecule has 0 fully saturated rings. The van der Waals surface area contributed by atoms with Gasteiger partial charge >= 0.3 is 5.97 Å². The van der Waals surface area contributed by atoms with Crippen LogP contribution in [0.2, 0.25) is 0 Å². The average molecular weight is 207 g/mol. The molecular formula is C9H9N3O3. The van der Waals surface area contributed by atoms with E-state index in [-0.39, 0.29) is 5.56 Å². The summed E-state index contributed by atoms with van der Waals surface area (Å²) < 4.78 is 2.75. The Kier molecular flexibility index (Phi) is 2.03. The fraction of sp³-hybridized carbons (Fsp3) is 0.222. The third-order valence-corrected chi connectivity index (χ3v) is 2.20. The van der Waals surface area contributed by atoms with Crippen molar-refractivity contribution >= 4 is 11.6 Å². The van der Waals surface area contributed by atoms with Crippen molar-refractivity contribution in [2.45, 2.75) is 13.5 Å². The van der Waals surface area contributed by atoms with Crippen molar-refractivity contribution in [3.05, 3.63) is 34.4 Å². The maximum atomic E-state index is 11.6. The van der Waals surface area contributed by atoms with E-state index in [0.29, 0.717) is 12.2 Å². The Morgan fingerprint density at radius 2 is 2.33 bits per heavy atom. The molecule has 0 saturated heterocycles. The Hall–Kier alpha value is -2.11. The summed E-state index contributed by atoms with van der Waals surface area (Å²) in [6.45, 7) is 2.44. The van der Waals surface area contributed by atoms with Gasteiger partial charge in [0.1, 0.15) is 11.2 Å². The van der Waals surface area contributed by atoms with Crippen LogP contribution in [0.15, 0.2) is 23.3 Å². The number of aromatic nitrogens is 3. The first-order valence-electron chi connectivity index (χ1n) is 4.45. The molecule has 15 heavy (non-hydrogen) atoms. The van der Waals surface area contributed by atoms with Crippen LogP contribution in [0.1, 0.15) is 17.3 Å². The van der Waals surface area contributed by atoms with E-state index in [9.17, 15) is 9.59 Å². The van der Waals surface area contributed by atoms with E-state index in [4.69, 9.17) is 5.11 Å². The molecule has 0 radical (unpaired) electrons. The van der Waals surface area contributed by atoms with Crippen LogP contribution < -0.4 is 5.56 Å². The van der Waals surface area contributed by atoms with Crippen LogP contribution in [-0.4, -0.2) is 25.3 Å². The number of carbonyl (C=O) groups is 1. The summed E-state index contributed by atoms with van der Waals surface area (Å²) >= 11 is 0. The fourth-order valence-corrected chi connectivity index (χ4v) is 1.46.